The summed E-state index contributed by atoms with van der Waals surface area (Å²) in [6.07, 6.45) is 2.38. The third-order valence-electron chi connectivity index (χ3n) is 3.24. The number of nitrogens with two attached hydrogens (primary N) is 1. The zero-order valence-corrected chi connectivity index (χ0v) is 11.2. The van der Waals surface area contributed by atoms with Gasteiger partial charge in [0.15, 0.2) is 0 Å². The van der Waals surface area contributed by atoms with Gasteiger partial charge in [0.05, 0.1) is 11.7 Å². The Balaban J connectivity index is 2.55. The van der Waals surface area contributed by atoms with Gasteiger partial charge in [-0.3, -0.25) is 4.68 Å². The van der Waals surface area contributed by atoms with E-state index >= 15 is 0 Å². The highest BCUT2D eigenvalue weighted by atomic mass is 19.1. The standard InChI is InChI=1S/C14H17F2N3/c1-4-11-9(7-19(3)18-11)14(17)12-10(15)6-5-8(2)13(12)16/h5-7,14H,4,17H2,1-3H3. The molecule has 2 rings (SSSR count). The summed E-state index contributed by atoms with van der Waals surface area (Å²) >= 11 is 0. The molecular formula is C14H17F2N3. The molecular weight excluding hydrogens is 248 g/mol. The molecule has 0 radical (unpaired) electrons. The minimum absolute atomic E-state index is 0.0947. The van der Waals surface area contributed by atoms with Crippen molar-refractivity contribution in [1.29, 1.82) is 0 Å². The SMILES string of the molecule is CCc1nn(C)cc1C(N)c1c(F)ccc(C)c1F. The van der Waals surface area contributed by atoms with E-state index < -0.39 is 17.7 Å². The van der Waals surface area contributed by atoms with Crippen molar-refractivity contribution in [1.82, 2.24) is 9.78 Å². The number of rotatable bonds is 3. The Morgan fingerprint density at radius 3 is 2.68 bits per heavy atom. The van der Waals surface area contributed by atoms with Gasteiger partial charge in [-0.2, -0.15) is 5.10 Å². The molecule has 102 valence electrons. The number of aromatic nitrogens is 2. The van der Waals surface area contributed by atoms with Crippen molar-refractivity contribution >= 4 is 0 Å². The van der Waals surface area contributed by atoms with Gasteiger partial charge in [0.1, 0.15) is 11.6 Å². The van der Waals surface area contributed by atoms with Crippen molar-refractivity contribution in [2.45, 2.75) is 26.3 Å². The molecule has 0 amide bonds. The molecule has 3 nitrogen and oxygen atoms in total. The maximum Gasteiger partial charge on any atom is 0.134 e. The molecule has 1 unspecified atom stereocenters. The first-order valence-corrected chi connectivity index (χ1v) is 6.18. The minimum Gasteiger partial charge on any atom is -0.320 e. The zero-order valence-electron chi connectivity index (χ0n) is 11.2. The number of nitrogens with zero attached hydrogens (tertiary/aromatic N) is 2. The van der Waals surface area contributed by atoms with Crippen LogP contribution >= 0.6 is 0 Å². The Labute approximate surface area is 111 Å². The molecule has 0 spiro atoms. The molecule has 0 aliphatic rings. The maximum atomic E-state index is 14.1. The van der Waals surface area contributed by atoms with Crippen LogP contribution in [0.5, 0.6) is 0 Å². The number of hydrogen-bond donors (Lipinski definition) is 1. The van der Waals surface area contributed by atoms with Crippen molar-refractivity contribution < 1.29 is 8.78 Å². The first-order chi connectivity index (χ1) is 8.95. The van der Waals surface area contributed by atoms with Crippen LogP contribution in [0.4, 0.5) is 8.78 Å². The molecule has 1 aromatic heterocycles. The number of halogens is 2. The van der Waals surface area contributed by atoms with Crippen LogP contribution in [-0.4, -0.2) is 9.78 Å². The van der Waals surface area contributed by atoms with E-state index in [2.05, 4.69) is 5.10 Å². The molecule has 2 aromatic rings. The van der Waals surface area contributed by atoms with Crippen LogP contribution in [-0.2, 0) is 13.5 Å². The Morgan fingerprint density at radius 1 is 1.37 bits per heavy atom. The fraction of sp³-hybridized carbons (Fsp3) is 0.357. The minimum atomic E-state index is -0.844. The van der Waals surface area contributed by atoms with Crippen LogP contribution in [0.25, 0.3) is 0 Å². The topological polar surface area (TPSA) is 43.8 Å². The molecule has 1 atom stereocenters. The van der Waals surface area contributed by atoms with E-state index in [-0.39, 0.29) is 5.56 Å². The van der Waals surface area contributed by atoms with Crippen LogP contribution in [0.2, 0.25) is 0 Å². The maximum absolute atomic E-state index is 14.1. The Bertz CT molecular complexity index is 605. The number of aryl methyl sites for hydroxylation is 3. The molecule has 0 aliphatic heterocycles. The van der Waals surface area contributed by atoms with E-state index in [9.17, 15) is 8.78 Å². The molecule has 1 aromatic carbocycles. The second-order valence-electron chi connectivity index (χ2n) is 4.63. The molecule has 0 bridgehead atoms. The van der Waals surface area contributed by atoms with Gasteiger partial charge in [-0.05, 0) is 25.0 Å². The van der Waals surface area contributed by atoms with Crippen LogP contribution < -0.4 is 5.73 Å². The highest BCUT2D eigenvalue weighted by molar-refractivity contribution is 5.37. The van der Waals surface area contributed by atoms with Crippen molar-refractivity contribution in [3.8, 4) is 0 Å². The Morgan fingerprint density at radius 2 is 2.05 bits per heavy atom. The van der Waals surface area contributed by atoms with E-state index in [1.54, 1.807) is 24.9 Å². The monoisotopic (exact) mass is 265 g/mol. The first-order valence-electron chi connectivity index (χ1n) is 6.18. The second kappa shape index (κ2) is 5.09. The van der Waals surface area contributed by atoms with Gasteiger partial charge in [0.25, 0.3) is 0 Å². The predicted octanol–water partition coefficient (Wildman–Crippen LogP) is 2.62. The summed E-state index contributed by atoms with van der Waals surface area (Å²) in [7, 11) is 1.76. The summed E-state index contributed by atoms with van der Waals surface area (Å²) in [5.74, 6) is -1.21. The molecule has 19 heavy (non-hydrogen) atoms. The lowest BCUT2D eigenvalue weighted by molar-refractivity contribution is 0.537. The van der Waals surface area contributed by atoms with Crippen molar-refractivity contribution in [3.05, 3.63) is 52.3 Å². The molecule has 1 heterocycles. The van der Waals surface area contributed by atoms with Crippen molar-refractivity contribution in [3.63, 3.8) is 0 Å². The molecule has 0 saturated carbocycles. The lowest BCUT2D eigenvalue weighted by Gasteiger charge is -2.15. The molecule has 0 fully saturated rings. The van der Waals surface area contributed by atoms with Crippen LogP contribution in [0.3, 0.4) is 0 Å². The quantitative estimate of drug-likeness (QED) is 0.927. The van der Waals surface area contributed by atoms with Gasteiger partial charge >= 0.3 is 0 Å². The summed E-state index contributed by atoms with van der Waals surface area (Å²) in [5, 5.41) is 4.25. The third kappa shape index (κ3) is 2.38. The normalized spacial score (nSPS) is 12.7. The fourth-order valence-electron chi connectivity index (χ4n) is 2.21. The summed E-state index contributed by atoms with van der Waals surface area (Å²) in [6, 6.07) is 1.81. The lowest BCUT2D eigenvalue weighted by atomic mass is 9.96. The predicted molar refractivity (Wildman–Crippen MR) is 69.7 cm³/mol. The summed E-state index contributed by atoms with van der Waals surface area (Å²) in [6.45, 7) is 3.52. The van der Waals surface area contributed by atoms with Crippen LogP contribution in [0, 0.1) is 18.6 Å². The second-order valence-corrected chi connectivity index (χ2v) is 4.63. The van der Waals surface area contributed by atoms with Gasteiger partial charge in [-0.25, -0.2) is 8.78 Å². The van der Waals surface area contributed by atoms with Crippen molar-refractivity contribution in [2.75, 3.05) is 0 Å². The largest absolute Gasteiger partial charge is 0.320 e. The van der Waals surface area contributed by atoms with Gasteiger partial charge in [0, 0.05) is 24.4 Å². The fourth-order valence-corrected chi connectivity index (χ4v) is 2.21. The summed E-state index contributed by atoms with van der Waals surface area (Å²) < 4.78 is 29.6. The Hall–Kier alpha value is -1.75. The summed E-state index contributed by atoms with van der Waals surface area (Å²) in [5.41, 5.74) is 7.75. The average Bonchev–Trinajstić information content (AvgIpc) is 2.75. The van der Waals surface area contributed by atoms with E-state index in [1.807, 2.05) is 6.92 Å². The number of hydrogen-bond acceptors (Lipinski definition) is 2. The van der Waals surface area contributed by atoms with Crippen LogP contribution in [0.15, 0.2) is 18.3 Å². The summed E-state index contributed by atoms with van der Waals surface area (Å²) in [4.78, 5) is 0. The lowest BCUT2D eigenvalue weighted by Crippen LogP contribution is -2.17. The smallest absolute Gasteiger partial charge is 0.134 e. The van der Waals surface area contributed by atoms with E-state index in [0.717, 1.165) is 5.69 Å². The first kappa shape index (κ1) is 13.7. The average molecular weight is 265 g/mol. The Kier molecular flexibility index (Phi) is 3.66. The van der Waals surface area contributed by atoms with Gasteiger partial charge in [-0.15, -0.1) is 0 Å². The van der Waals surface area contributed by atoms with Gasteiger partial charge in [-0.1, -0.05) is 13.0 Å². The van der Waals surface area contributed by atoms with Gasteiger partial charge < -0.3 is 5.73 Å². The molecule has 0 saturated heterocycles. The van der Waals surface area contributed by atoms with E-state index in [0.29, 0.717) is 17.5 Å². The zero-order chi connectivity index (χ0) is 14.2. The van der Waals surface area contributed by atoms with E-state index in [1.165, 1.54) is 12.1 Å². The van der Waals surface area contributed by atoms with Gasteiger partial charge in [0.2, 0.25) is 0 Å². The molecule has 2 N–H and O–H groups in total. The highest BCUT2D eigenvalue weighted by Gasteiger charge is 2.23. The molecule has 5 heteroatoms. The van der Waals surface area contributed by atoms with E-state index in [4.69, 9.17) is 5.73 Å². The van der Waals surface area contributed by atoms with Crippen molar-refractivity contribution in [2.24, 2.45) is 12.8 Å². The highest BCUT2D eigenvalue weighted by Crippen LogP contribution is 2.28. The van der Waals surface area contributed by atoms with Crippen LogP contribution in [0.1, 0.15) is 35.3 Å². The third-order valence-corrected chi connectivity index (χ3v) is 3.24. The number of benzene rings is 1. The molecule has 0 aliphatic carbocycles.